The first-order chi connectivity index (χ1) is 11.5. The van der Waals surface area contributed by atoms with Crippen LogP contribution in [-0.4, -0.2) is 43.4 Å². The highest BCUT2D eigenvalue weighted by Gasteiger charge is 2.25. The number of guanidine groups is 1. The van der Waals surface area contributed by atoms with Crippen LogP contribution in [0.4, 0.5) is 10.1 Å². The molecule has 2 rings (SSSR count). The number of amides is 1. The first-order valence-corrected chi connectivity index (χ1v) is 8.49. The minimum absolute atomic E-state index is 0.134. The molecular weight excluding hydrogens is 307 g/mol. The molecule has 0 aliphatic carbocycles. The second-order valence-electron chi connectivity index (χ2n) is 6.69. The summed E-state index contributed by atoms with van der Waals surface area (Å²) in [6.45, 7) is 6.58. The molecule has 1 heterocycles. The molecule has 1 aliphatic rings. The summed E-state index contributed by atoms with van der Waals surface area (Å²) in [4.78, 5) is 18.5. The Morgan fingerprint density at radius 3 is 2.71 bits per heavy atom. The van der Waals surface area contributed by atoms with E-state index in [1.54, 1.807) is 19.2 Å². The molecule has 1 aromatic carbocycles. The minimum atomic E-state index is -0.323. The molecular formula is C18H27FN4O. The molecule has 1 amide bonds. The van der Waals surface area contributed by atoms with Gasteiger partial charge in [0.25, 0.3) is 0 Å². The molecule has 1 saturated heterocycles. The third-order valence-corrected chi connectivity index (χ3v) is 4.14. The van der Waals surface area contributed by atoms with Gasteiger partial charge < -0.3 is 15.5 Å². The first-order valence-electron chi connectivity index (χ1n) is 8.49. The number of nitrogens with zero attached hydrogens (tertiary/aromatic N) is 2. The van der Waals surface area contributed by atoms with E-state index in [4.69, 9.17) is 0 Å². The lowest BCUT2D eigenvalue weighted by atomic mass is 9.97. The van der Waals surface area contributed by atoms with Gasteiger partial charge in [-0.1, -0.05) is 13.8 Å². The summed E-state index contributed by atoms with van der Waals surface area (Å²) >= 11 is 0. The van der Waals surface area contributed by atoms with Gasteiger partial charge in [-0.3, -0.25) is 9.79 Å². The van der Waals surface area contributed by atoms with Crippen LogP contribution in [0, 0.1) is 17.7 Å². The maximum atomic E-state index is 12.9. The number of hydrogen-bond acceptors (Lipinski definition) is 2. The summed E-state index contributed by atoms with van der Waals surface area (Å²) in [5.41, 5.74) is 0.580. The Hall–Kier alpha value is -2.11. The van der Waals surface area contributed by atoms with Crippen molar-refractivity contribution in [3.63, 3.8) is 0 Å². The summed E-state index contributed by atoms with van der Waals surface area (Å²) in [5, 5.41) is 5.84. The van der Waals surface area contributed by atoms with Gasteiger partial charge in [-0.05, 0) is 48.9 Å². The van der Waals surface area contributed by atoms with Crippen molar-refractivity contribution in [3.8, 4) is 0 Å². The molecule has 0 saturated carbocycles. The van der Waals surface area contributed by atoms with Crippen molar-refractivity contribution in [2.24, 2.45) is 16.8 Å². The molecule has 1 fully saturated rings. The van der Waals surface area contributed by atoms with E-state index < -0.39 is 0 Å². The molecule has 1 unspecified atom stereocenters. The Labute approximate surface area is 143 Å². The number of aliphatic imine (C=N–C) groups is 1. The standard InChI is InChI=1S/C18H27FN4O/c1-13(2)10-14-8-9-23(12-14)18(20-3)21-11-17(24)22-16-6-4-15(19)5-7-16/h4-7,13-14H,8-12H2,1-3H3,(H,20,21)(H,22,24). The molecule has 0 aromatic heterocycles. The summed E-state index contributed by atoms with van der Waals surface area (Å²) in [6, 6.07) is 5.72. The van der Waals surface area contributed by atoms with Crippen molar-refractivity contribution in [2.75, 3.05) is 32.0 Å². The zero-order valence-electron chi connectivity index (χ0n) is 14.7. The quantitative estimate of drug-likeness (QED) is 0.643. The highest BCUT2D eigenvalue weighted by molar-refractivity contribution is 5.95. The normalized spacial score (nSPS) is 18.1. The Kier molecular flexibility index (Phi) is 6.58. The van der Waals surface area contributed by atoms with E-state index >= 15 is 0 Å². The first kappa shape index (κ1) is 18.2. The van der Waals surface area contributed by atoms with Gasteiger partial charge in [-0.15, -0.1) is 0 Å². The molecule has 5 nitrogen and oxygen atoms in total. The van der Waals surface area contributed by atoms with Crippen LogP contribution in [-0.2, 0) is 4.79 Å². The molecule has 0 bridgehead atoms. The van der Waals surface area contributed by atoms with E-state index in [0.717, 1.165) is 19.0 Å². The molecule has 2 N–H and O–H groups in total. The molecule has 0 spiro atoms. The Morgan fingerprint density at radius 1 is 1.38 bits per heavy atom. The number of carbonyl (C=O) groups is 1. The fourth-order valence-electron chi connectivity index (χ4n) is 3.11. The van der Waals surface area contributed by atoms with Crippen LogP contribution in [0.1, 0.15) is 26.7 Å². The second kappa shape index (κ2) is 8.66. The maximum Gasteiger partial charge on any atom is 0.243 e. The number of rotatable bonds is 5. The average molecular weight is 334 g/mol. The number of halogens is 1. The van der Waals surface area contributed by atoms with Crippen molar-refractivity contribution in [2.45, 2.75) is 26.7 Å². The van der Waals surface area contributed by atoms with Gasteiger partial charge >= 0.3 is 0 Å². The Morgan fingerprint density at radius 2 is 2.08 bits per heavy atom. The molecule has 1 atom stereocenters. The van der Waals surface area contributed by atoms with Gasteiger partial charge in [-0.25, -0.2) is 4.39 Å². The number of hydrogen-bond donors (Lipinski definition) is 2. The summed E-state index contributed by atoms with van der Waals surface area (Å²) in [6.07, 6.45) is 2.39. The van der Waals surface area contributed by atoms with Crippen LogP contribution in [0.15, 0.2) is 29.3 Å². The largest absolute Gasteiger partial charge is 0.347 e. The molecule has 132 valence electrons. The van der Waals surface area contributed by atoms with Crippen LogP contribution >= 0.6 is 0 Å². The van der Waals surface area contributed by atoms with E-state index in [0.29, 0.717) is 17.5 Å². The van der Waals surface area contributed by atoms with E-state index in [-0.39, 0.29) is 18.3 Å². The topological polar surface area (TPSA) is 56.7 Å². The van der Waals surface area contributed by atoms with Crippen LogP contribution < -0.4 is 10.6 Å². The third-order valence-electron chi connectivity index (χ3n) is 4.14. The minimum Gasteiger partial charge on any atom is -0.347 e. The lowest BCUT2D eigenvalue weighted by molar-refractivity contribution is -0.115. The molecule has 0 radical (unpaired) electrons. The number of nitrogens with one attached hydrogen (secondary N) is 2. The lowest BCUT2D eigenvalue weighted by Gasteiger charge is -2.22. The average Bonchev–Trinajstić information content (AvgIpc) is 2.98. The molecule has 6 heteroatoms. The summed E-state index contributed by atoms with van der Waals surface area (Å²) in [7, 11) is 1.73. The Balaban J connectivity index is 1.79. The van der Waals surface area contributed by atoms with Gasteiger partial charge in [0.15, 0.2) is 5.96 Å². The zero-order chi connectivity index (χ0) is 17.5. The lowest BCUT2D eigenvalue weighted by Crippen LogP contribution is -2.43. The maximum absolute atomic E-state index is 12.9. The van der Waals surface area contributed by atoms with Crippen molar-refractivity contribution < 1.29 is 9.18 Å². The van der Waals surface area contributed by atoms with Crippen molar-refractivity contribution in [1.82, 2.24) is 10.2 Å². The second-order valence-corrected chi connectivity index (χ2v) is 6.69. The van der Waals surface area contributed by atoms with Gasteiger partial charge in [0.1, 0.15) is 5.82 Å². The van der Waals surface area contributed by atoms with Crippen LogP contribution in [0.25, 0.3) is 0 Å². The predicted molar refractivity (Wildman–Crippen MR) is 95.5 cm³/mol. The SMILES string of the molecule is CN=C(NCC(=O)Nc1ccc(F)cc1)N1CCC(CC(C)C)C1. The van der Waals surface area contributed by atoms with E-state index in [1.807, 2.05) is 0 Å². The fraction of sp³-hybridized carbons (Fsp3) is 0.556. The predicted octanol–water partition coefficient (Wildman–Crippen LogP) is 2.71. The van der Waals surface area contributed by atoms with Crippen LogP contribution in [0.3, 0.4) is 0 Å². The third kappa shape index (κ3) is 5.51. The smallest absolute Gasteiger partial charge is 0.243 e. The Bertz CT molecular complexity index is 571. The molecule has 24 heavy (non-hydrogen) atoms. The molecule has 1 aliphatic heterocycles. The van der Waals surface area contributed by atoms with Crippen LogP contribution in [0.2, 0.25) is 0 Å². The van der Waals surface area contributed by atoms with E-state index in [2.05, 4.69) is 34.4 Å². The van der Waals surface area contributed by atoms with Crippen molar-refractivity contribution in [3.05, 3.63) is 30.1 Å². The molecule has 1 aromatic rings. The number of carbonyl (C=O) groups excluding carboxylic acids is 1. The number of likely N-dealkylation sites (tertiary alicyclic amines) is 1. The van der Waals surface area contributed by atoms with Gasteiger partial charge in [-0.2, -0.15) is 0 Å². The van der Waals surface area contributed by atoms with Crippen LogP contribution in [0.5, 0.6) is 0 Å². The number of anilines is 1. The van der Waals surface area contributed by atoms with Crippen molar-refractivity contribution in [1.29, 1.82) is 0 Å². The highest BCUT2D eigenvalue weighted by Crippen LogP contribution is 2.23. The van der Waals surface area contributed by atoms with E-state index in [9.17, 15) is 9.18 Å². The zero-order valence-corrected chi connectivity index (χ0v) is 14.7. The van der Waals surface area contributed by atoms with Gasteiger partial charge in [0.05, 0.1) is 6.54 Å². The monoisotopic (exact) mass is 334 g/mol. The van der Waals surface area contributed by atoms with Crippen molar-refractivity contribution >= 4 is 17.6 Å². The van der Waals surface area contributed by atoms with E-state index in [1.165, 1.54) is 25.0 Å². The summed E-state index contributed by atoms with van der Waals surface area (Å²) in [5.74, 6) is 1.65. The number of benzene rings is 1. The fourth-order valence-corrected chi connectivity index (χ4v) is 3.11. The summed E-state index contributed by atoms with van der Waals surface area (Å²) < 4.78 is 12.9. The highest BCUT2D eigenvalue weighted by atomic mass is 19.1. The van der Waals surface area contributed by atoms with Gasteiger partial charge in [0.2, 0.25) is 5.91 Å². The van der Waals surface area contributed by atoms with Gasteiger partial charge in [0, 0.05) is 25.8 Å².